The lowest BCUT2D eigenvalue weighted by atomic mass is 10.2. The zero-order valence-electron chi connectivity index (χ0n) is 8.13. The summed E-state index contributed by atoms with van der Waals surface area (Å²) in [6, 6.07) is 1.80. The predicted octanol–water partition coefficient (Wildman–Crippen LogP) is 1.41. The van der Waals surface area contributed by atoms with Crippen molar-refractivity contribution in [3.63, 3.8) is 0 Å². The molecule has 14 heavy (non-hydrogen) atoms. The zero-order chi connectivity index (χ0) is 9.97. The van der Waals surface area contributed by atoms with Crippen molar-refractivity contribution in [3.05, 3.63) is 17.5 Å². The second-order valence-electron chi connectivity index (χ2n) is 3.26. The fraction of sp³-hybridized carbons (Fsp3) is 0.400. The van der Waals surface area contributed by atoms with Gasteiger partial charge in [-0.05, 0) is 25.8 Å². The van der Waals surface area contributed by atoms with Crippen LogP contribution >= 0.6 is 0 Å². The number of nitrogens with one attached hydrogen (secondary N) is 2. The van der Waals surface area contributed by atoms with Gasteiger partial charge in [0.15, 0.2) is 0 Å². The number of hydrogen-bond acceptors (Lipinski definition) is 2. The molecule has 1 aromatic heterocycles. The molecule has 1 aromatic rings. The standard InChI is InChI=1S/C10H13N3O/c1-2-11-10(14)9-6-8-7(13-9)4-3-5-12-8/h5-6,13H,2-4H2,1H3,(H,11,14). The molecule has 0 spiro atoms. The Morgan fingerprint density at radius 2 is 2.57 bits per heavy atom. The van der Waals surface area contributed by atoms with Gasteiger partial charge >= 0.3 is 0 Å². The van der Waals surface area contributed by atoms with E-state index in [2.05, 4.69) is 15.3 Å². The van der Waals surface area contributed by atoms with Gasteiger partial charge in [0.1, 0.15) is 5.69 Å². The molecule has 0 aromatic carbocycles. The Labute approximate surface area is 82.4 Å². The minimum atomic E-state index is -0.0582. The summed E-state index contributed by atoms with van der Waals surface area (Å²) in [5.74, 6) is -0.0582. The van der Waals surface area contributed by atoms with E-state index in [0.717, 1.165) is 24.2 Å². The molecule has 0 saturated heterocycles. The van der Waals surface area contributed by atoms with Gasteiger partial charge in [0.2, 0.25) is 0 Å². The number of hydrogen-bond donors (Lipinski definition) is 2. The SMILES string of the molecule is CCNC(=O)c1cc2c([nH]1)CCC=N2. The van der Waals surface area contributed by atoms with Crippen molar-refractivity contribution < 1.29 is 4.79 Å². The lowest BCUT2D eigenvalue weighted by Crippen LogP contribution is -2.22. The van der Waals surface area contributed by atoms with Crippen LogP contribution in [0.1, 0.15) is 29.5 Å². The molecule has 2 heterocycles. The number of fused-ring (bicyclic) bond motifs is 1. The molecule has 2 rings (SSSR count). The molecule has 4 heteroatoms. The highest BCUT2D eigenvalue weighted by molar-refractivity contribution is 5.94. The number of amides is 1. The van der Waals surface area contributed by atoms with Gasteiger partial charge < -0.3 is 10.3 Å². The Hall–Kier alpha value is -1.58. The molecule has 0 fully saturated rings. The van der Waals surface area contributed by atoms with Crippen LogP contribution in [0.15, 0.2) is 11.1 Å². The molecule has 0 radical (unpaired) electrons. The van der Waals surface area contributed by atoms with Crippen molar-refractivity contribution in [2.24, 2.45) is 4.99 Å². The summed E-state index contributed by atoms with van der Waals surface area (Å²) in [7, 11) is 0. The highest BCUT2D eigenvalue weighted by atomic mass is 16.1. The minimum Gasteiger partial charge on any atom is -0.353 e. The van der Waals surface area contributed by atoms with E-state index >= 15 is 0 Å². The fourth-order valence-corrected chi connectivity index (χ4v) is 1.54. The number of nitrogens with zero attached hydrogens (tertiary/aromatic N) is 1. The zero-order valence-corrected chi connectivity index (χ0v) is 8.13. The summed E-state index contributed by atoms with van der Waals surface area (Å²) >= 11 is 0. The lowest BCUT2D eigenvalue weighted by Gasteiger charge is -2.01. The van der Waals surface area contributed by atoms with Gasteiger partial charge in [0, 0.05) is 18.5 Å². The molecule has 4 nitrogen and oxygen atoms in total. The molecule has 0 unspecified atom stereocenters. The molecule has 1 aliphatic rings. The van der Waals surface area contributed by atoms with E-state index in [4.69, 9.17) is 0 Å². The predicted molar refractivity (Wildman–Crippen MR) is 55.3 cm³/mol. The summed E-state index contributed by atoms with van der Waals surface area (Å²) in [5, 5.41) is 2.75. The number of carbonyl (C=O) groups is 1. The number of rotatable bonds is 2. The Morgan fingerprint density at radius 1 is 1.71 bits per heavy atom. The van der Waals surface area contributed by atoms with E-state index in [0.29, 0.717) is 12.2 Å². The average Bonchev–Trinajstić information content (AvgIpc) is 2.61. The maximum absolute atomic E-state index is 11.5. The van der Waals surface area contributed by atoms with Crippen molar-refractivity contribution >= 4 is 17.8 Å². The normalized spacial score (nSPS) is 13.8. The summed E-state index contributed by atoms with van der Waals surface area (Å²) in [4.78, 5) is 18.8. The van der Waals surface area contributed by atoms with Crippen LogP contribution in [0.4, 0.5) is 5.69 Å². The van der Waals surface area contributed by atoms with E-state index in [1.165, 1.54) is 0 Å². The molecule has 0 atom stereocenters. The molecular weight excluding hydrogens is 178 g/mol. The topological polar surface area (TPSA) is 57.2 Å². The summed E-state index contributed by atoms with van der Waals surface area (Å²) < 4.78 is 0. The molecule has 1 amide bonds. The van der Waals surface area contributed by atoms with Gasteiger partial charge in [-0.1, -0.05) is 0 Å². The average molecular weight is 191 g/mol. The van der Waals surface area contributed by atoms with Gasteiger partial charge in [-0.15, -0.1) is 0 Å². The molecule has 74 valence electrons. The first kappa shape index (κ1) is 8.99. The molecule has 0 aliphatic carbocycles. The highest BCUT2D eigenvalue weighted by Gasteiger charge is 2.13. The first-order chi connectivity index (χ1) is 6.81. The second-order valence-corrected chi connectivity index (χ2v) is 3.26. The van der Waals surface area contributed by atoms with Crippen LogP contribution in [-0.4, -0.2) is 23.7 Å². The van der Waals surface area contributed by atoms with Gasteiger partial charge in [-0.25, -0.2) is 0 Å². The summed E-state index contributed by atoms with van der Waals surface area (Å²) in [6.07, 6.45) is 3.78. The van der Waals surface area contributed by atoms with Crippen LogP contribution in [0.3, 0.4) is 0 Å². The third-order valence-corrected chi connectivity index (χ3v) is 2.21. The van der Waals surface area contributed by atoms with Gasteiger partial charge in [-0.2, -0.15) is 0 Å². The molecule has 0 saturated carbocycles. The molecule has 1 aliphatic heterocycles. The monoisotopic (exact) mass is 191 g/mol. The number of aromatic amines is 1. The third-order valence-electron chi connectivity index (χ3n) is 2.21. The first-order valence-electron chi connectivity index (χ1n) is 4.84. The summed E-state index contributed by atoms with van der Waals surface area (Å²) in [6.45, 7) is 2.55. The number of H-pyrrole nitrogens is 1. The Morgan fingerprint density at radius 3 is 3.29 bits per heavy atom. The van der Waals surface area contributed by atoms with Gasteiger partial charge in [0.05, 0.1) is 5.69 Å². The van der Waals surface area contributed by atoms with E-state index < -0.39 is 0 Å². The third kappa shape index (κ3) is 1.55. The number of aliphatic imine (C=N–C) groups is 1. The quantitative estimate of drug-likeness (QED) is 0.729. The largest absolute Gasteiger partial charge is 0.353 e. The van der Waals surface area contributed by atoms with Crippen LogP contribution in [0.25, 0.3) is 0 Å². The van der Waals surface area contributed by atoms with E-state index in [1.54, 1.807) is 6.07 Å². The highest BCUT2D eigenvalue weighted by Crippen LogP contribution is 2.24. The molecule has 2 N–H and O–H groups in total. The number of carbonyl (C=O) groups excluding carboxylic acids is 1. The van der Waals surface area contributed by atoms with Crippen LogP contribution < -0.4 is 5.32 Å². The van der Waals surface area contributed by atoms with Crippen molar-refractivity contribution in [3.8, 4) is 0 Å². The second kappa shape index (κ2) is 3.65. The van der Waals surface area contributed by atoms with Crippen LogP contribution in [-0.2, 0) is 6.42 Å². The van der Waals surface area contributed by atoms with E-state index in [9.17, 15) is 4.79 Å². The number of aryl methyl sites for hydroxylation is 1. The smallest absolute Gasteiger partial charge is 0.267 e. The van der Waals surface area contributed by atoms with Gasteiger partial charge in [-0.3, -0.25) is 9.79 Å². The van der Waals surface area contributed by atoms with Gasteiger partial charge in [0.25, 0.3) is 5.91 Å². The molecule has 0 bridgehead atoms. The molecular formula is C10H13N3O. The lowest BCUT2D eigenvalue weighted by molar-refractivity contribution is 0.0951. The first-order valence-corrected chi connectivity index (χ1v) is 4.84. The maximum Gasteiger partial charge on any atom is 0.267 e. The van der Waals surface area contributed by atoms with Crippen LogP contribution in [0.5, 0.6) is 0 Å². The van der Waals surface area contributed by atoms with Crippen molar-refractivity contribution in [2.75, 3.05) is 6.54 Å². The van der Waals surface area contributed by atoms with Crippen LogP contribution in [0, 0.1) is 0 Å². The van der Waals surface area contributed by atoms with Crippen molar-refractivity contribution in [2.45, 2.75) is 19.8 Å². The summed E-state index contributed by atoms with van der Waals surface area (Å²) in [5.41, 5.74) is 2.57. The maximum atomic E-state index is 11.5. The van der Waals surface area contributed by atoms with Crippen molar-refractivity contribution in [1.82, 2.24) is 10.3 Å². The van der Waals surface area contributed by atoms with E-state index in [-0.39, 0.29) is 5.91 Å². The Balaban J connectivity index is 2.24. The number of aromatic nitrogens is 1. The Kier molecular flexibility index (Phi) is 2.35. The minimum absolute atomic E-state index is 0.0582. The Bertz CT molecular complexity index is 379. The van der Waals surface area contributed by atoms with Crippen molar-refractivity contribution in [1.29, 1.82) is 0 Å². The van der Waals surface area contributed by atoms with Crippen LogP contribution in [0.2, 0.25) is 0 Å². The fourth-order valence-electron chi connectivity index (χ4n) is 1.54. The van der Waals surface area contributed by atoms with E-state index in [1.807, 2.05) is 13.1 Å².